The Hall–Kier alpha value is -3.52. The van der Waals surface area contributed by atoms with E-state index < -0.39 is 6.04 Å². The van der Waals surface area contributed by atoms with Crippen molar-refractivity contribution in [1.29, 1.82) is 0 Å². The second kappa shape index (κ2) is 8.24. The molecule has 0 bridgehead atoms. The van der Waals surface area contributed by atoms with E-state index in [0.717, 1.165) is 20.9 Å². The van der Waals surface area contributed by atoms with Crippen LogP contribution in [-0.2, 0) is 11.3 Å². The Morgan fingerprint density at radius 2 is 1.90 bits per heavy atom. The van der Waals surface area contributed by atoms with Crippen LogP contribution in [0.1, 0.15) is 22.8 Å². The van der Waals surface area contributed by atoms with Crippen molar-refractivity contribution in [3.8, 4) is 5.13 Å². The number of amides is 2. The molecule has 0 fully saturated rings. The first-order valence-electron chi connectivity index (χ1n) is 9.11. The topological polar surface area (TPSA) is 88.9 Å². The molecule has 2 amide bonds. The third kappa shape index (κ3) is 4.33. The molecule has 0 saturated heterocycles. The van der Waals surface area contributed by atoms with Gasteiger partial charge in [0.1, 0.15) is 6.04 Å². The predicted octanol–water partition coefficient (Wildman–Crippen LogP) is 2.92. The Morgan fingerprint density at radius 3 is 2.66 bits per heavy atom. The zero-order valence-electron chi connectivity index (χ0n) is 15.7. The molecular weight excluding hydrogens is 386 g/mol. The van der Waals surface area contributed by atoms with Crippen molar-refractivity contribution in [2.75, 3.05) is 0 Å². The highest BCUT2D eigenvalue weighted by atomic mass is 32.1. The smallest absolute Gasteiger partial charge is 0.251 e. The molecule has 0 saturated carbocycles. The van der Waals surface area contributed by atoms with Gasteiger partial charge in [-0.2, -0.15) is 0 Å². The van der Waals surface area contributed by atoms with Crippen LogP contribution in [0.2, 0.25) is 0 Å². The van der Waals surface area contributed by atoms with Gasteiger partial charge in [0.2, 0.25) is 5.91 Å². The largest absolute Gasteiger partial charge is 0.350 e. The molecule has 3 aromatic heterocycles. The third-order valence-electron chi connectivity index (χ3n) is 4.42. The molecule has 7 nitrogen and oxygen atoms in total. The summed E-state index contributed by atoms with van der Waals surface area (Å²) >= 11 is 1.50. The van der Waals surface area contributed by atoms with Gasteiger partial charge in [-0.05, 0) is 55.0 Å². The number of fused-ring (bicyclic) bond motifs is 1. The number of rotatable bonds is 6. The van der Waals surface area contributed by atoms with E-state index in [4.69, 9.17) is 0 Å². The lowest BCUT2D eigenvalue weighted by Gasteiger charge is -2.14. The van der Waals surface area contributed by atoms with Gasteiger partial charge >= 0.3 is 0 Å². The summed E-state index contributed by atoms with van der Waals surface area (Å²) in [5.41, 5.74) is 2.27. The number of thiazole rings is 1. The number of hydrogen-bond acceptors (Lipinski definition) is 5. The lowest BCUT2D eigenvalue weighted by Crippen LogP contribution is -2.44. The van der Waals surface area contributed by atoms with Gasteiger partial charge in [-0.1, -0.05) is 11.3 Å². The zero-order valence-corrected chi connectivity index (χ0v) is 16.5. The number of nitrogens with one attached hydrogen (secondary N) is 2. The molecule has 8 heteroatoms. The van der Waals surface area contributed by atoms with E-state index in [1.807, 2.05) is 47.3 Å². The molecule has 0 aliphatic rings. The first kappa shape index (κ1) is 18.8. The quantitative estimate of drug-likeness (QED) is 0.516. The van der Waals surface area contributed by atoms with Gasteiger partial charge in [0, 0.05) is 36.9 Å². The summed E-state index contributed by atoms with van der Waals surface area (Å²) in [4.78, 5) is 33.4. The third-order valence-corrected chi connectivity index (χ3v) is 5.45. The van der Waals surface area contributed by atoms with Gasteiger partial charge in [0.05, 0.1) is 10.2 Å². The van der Waals surface area contributed by atoms with Crippen molar-refractivity contribution in [1.82, 2.24) is 25.2 Å². The second-order valence-electron chi connectivity index (χ2n) is 6.54. The van der Waals surface area contributed by atoms with Crippen LogP contribution in [0.25, 0.3) is 15.3 Å². The molecule has 2 N–H and O–H groups in total. The number of hydrogen-bond donors (Lipinski definition) is 2. The van der Waals surface area contributed by atoms with E-state index in [1.165, 1.54) is 11.3 Å². The first-order valence-corrected chi connectivity index (χ1v) is 9.93. The van der Waals surface area contributed by atoms with Gasteiger partial charge in [0.15, 0.2) is 5.13 Å². The summed E-state index contributed by atoms with van der Waals surface area (Å²) in [6.07, 6.45) is 7.20. The van der Waals surface area contributed by atoms with Crippen molar-refractivity contribution < 1.29 is 9.59 Å². The average molecular weight is 405 g/mol. The van der Waals surface area contributed by atoms with Crippen LogP contribution in [0.4, 0.5) is 0 Å². The number of carbonyl (C=O) groups is 2. The molecule has 1 atom stereocenters. The van der Waals surface area contributed by atoms with Crippen LogP contribution < -0.4 is 10.6 Å². The number of carbonyl (C=O) groups excluding carboxylic acids is 2. The zero-order chi connectivity index (χ0) is 20.2. The maximum absolute atomic E-state index is 12.6. The maximum Gasteiger partial charge on any atom is 0.251 e. The molecule has 3 heterocycles. The van der Waals surface area contributed by atoms with Gasteiger partial charge < -0.3 is 15.2 Å². The second-order valence-corrected chi connectivity index (χ2v) is 7.55. The highest BCUT2D eigenvalue weighted by molar-refractivity contribution is 7.20. The fraction of sp³-hybridized carbons (Fsp3) is 0.143. The Balaban J connectivity index is 1.40. The van der Waals surface area contributed by atoms with Crippen LogP contribution in [0.5, 0.6) is 0 Å². The molecule has 0 aliphatic heterocycles. The molecular formula is C21H19N5O2S. The van der Waals surface area contributed by atoms with Crippen LogP contribution >= 0.6 is 11.3 Å². The predicted molar refractivity (Wildman–Crippen MR) is 112 cm³/mol. The van der Waals surface area contributed by atoms with E-state index in [2.05, 4.69) is 20.6 Å². The molecule has 29 heavy (non-hydrogen) atoms. The van der Waals surface area contributed by atoms with Crippen LogP contribution in [-0.4, -0.2) is 32.4 Å². The Bertz CT molecular complexity index is 1140. The molecule has 0 aliphatic carbocycles. The molecule has 4 rings (SSSR count). The van der Waals surface area contributed by atoms with Crippen molar-refractivity contribution >= 4 is 33.4 Å². The SMILES string of the molecule is C[C@@H](NC(=O)c1ccc2nc(-n3cccc3)sc2c1)C(=O)NCc1ccncc1. The minimum Gasteiger partial charge on any atom is -0.350 e. The van der Waals surface area contributed by atoms with Crippen LogP contribution in [0, 0.1) is 0 Å². The van der Waals surface area contributed by atoms with E-state index in [1.54, 1.807) is 31.5 Å². The van der Waals surface area contributed by atoms with E-state index in [0.29, 0.717) is 12.1 Å². The molecule has 1 aromatic carbocycles. The number of aromatic nitrogens is 3. The van der Waals surface area contributed by atoms with Gasteiger partial charge in [-0.3, -0.25) is 14.6 Å². The number of nitrogens with zero attached hydrogens (tertiary/aromatic N) is 3. The lowest BCUT2D eigenvalue weighted by molar-refractivity contribution is -0.122. The molecule has 146 valence electrons. The monoisotopic (exact) mass is 405 g/mol. The highest BCUT2D eigenvalue weighted by Gasteiger charge is 2.17. The minimum absolute atomic E-state index is 0.246. The summed E-state index contributed by atoms with van der Waals surface area (Å²) in [7, 11) is 0. The van der Waals surface area contributed by atoms with E-state index in [-0.39, 0.29) is 11.8 Å². The normalized spacial score (nSPS) is 11.9. The molecule has 0 radical (unpaired) electrons. The van der Waals surface area contributed by atoms with Crippen molar-refractivity contribution in [3.05, 3.63) is 78.4 Å². The van der Waals surface area contributed by atoms with Gasteiger partial charge in [-0.15, -0.1) is 0 Å². The molecule has 4 aromatic rings. The van der Waals surface area contributed by atoms with Gasteiger partial charge in [0.25, 0.3) is 5.91 Å². The fourth-order valence-corrected chi connectivity index (χ4v) is 3.79. The van der Waals surface area contributed by atoms with Crippen molar-refractivity contribution in [2.45, 2.75) is 19.5 Å². The Morgan fingerprint density at radius 1 is 1.14 bits per heavy atom. The molecule has 0 unspecified atom stereocenters. The highest BCUT2D eigenvalue weighted by Crippen LogP contribution is 2.26. The first-order chi connectivity index (χ1) is 14.1. The van der Waals surface area contributed by atoms with Crippen molar-refractivity contribution in [2.24, 2.45) is 0 Å². The Labute approximate surface area is 171 Å². The Kier molecular flexibility index (Phi) is 5.35. The summed E-state index contributed by atoms with van der Waals surface area (Å²) < 4.78 is 2.84. The molecule has 0 spiro atoms. The standard InChI is InChI=1S/C21H19N5O2S/c1-14(19(27)23-13-15-6-8-22-9-7-15)24-20(28)16-4-5-17-18(12-16)29-21(25-17)26-10-2-3-11-26/h2-12,14H,13H2,1H3,(H,23,27)(H,24,28)/t14-/m1/s1. The summed E-state index contributed by atoms with van der Waals surface area (Å²) in [6.45, 7) is 2.05. The van der Waals surface area contributed by atoms with Gasteiger partial charge in [-0.25, -0.2) is 4.98 Å². The van der Waals surface area contributed by atoms with E-state index in [9.17, 15) is 9.59 Å². The van der Waals surface area contributed by atoms with Crippen LogP contribution in [0.15, 0.2) is 67.3 Å². The van der Waals surface area contributed by atoms with E-state index >= 15 is 0 Å². The number of benzene rings is 1. The summed E-state index contributed by atoms with van der Waals surface area (Å²) in [6, 6.07) is 12.2. The number of pyridine rings is 1. The fourth-order valence-electron chi connectivity index (χ4n) is 2.81. The lowest BCUT2D eigenvalue weighted by atomic mass is 10.2. The average Bonchev–Trinajstić information content (AvgIpc) is 3.41. The van der Waals surface area contributed by atoms with Crippen molar-refractivity contribution in [3.63, 3.8) is 0 Å². The summed E-state index contributed by atoms with van der Waals surface area (Å²) in [5, 5.41) is 6.40. The minimum atomic E-state index is -0.656. The van der Waals surface area contributed by atoms with Crippen LogP contribution in [0.3, 0.4) is 0 Å². The summed E-state index contributed by atoms with van der Waals surface area (Å²) in [5.74, 6) is -0.543. The maximum atomic E-state index is 12.6.